The molecule has 0 aliphatic heterocycles. The van der Waals surface area contributed by atoms with E-state index < -0.39 is 0 Å². The van der Waals surface area contributed by atoms with Crippen molar-refractivity contribution in [2.75, 3.05) is 6.61 Å². The van der Waals surface area contributed by atoms with E-state index >= 15 is 0 Å². The van der Waals surface area contributed by atoms with Crippen molar-refractivity contribution in [1.29, 1.82) is 0 Å². The molecule has 1 N–H and O–H groups in total. The van der Waals surface area contributed by atoms with Gasteiger partial charge in [-0.3, -0.25) is 0 Å². The predicted molar refractivity (Wildman–Crippen MR) is 76.8 cm³/mol. The monoisotopic (exact) mass is 305 g/mol. The Morgan fingerprint density at radius 2 is 2.11 bits per heavy atom. The SMILES string of the molecule is Cl/C=C/COc1c(Cl)cc(Cl)cc1CNC1CC1. The zero-order valence-corrected chi connectivity index (χ0v) is 12.0. The zero-order valence-electron chi connectivity index (χ0n) is 9.76. The summed E-state index contributed by atoms with van der Waals surface area (Å²) in [6.07, 6.45) is 4.18. The van der Waals surface area contributed by atoms with Crippen LogP contribution in [0.1, 0.15) is 18.4 Å². The van der Waals surface area contributed by atoms with Crippen LogP contribution in [-0.2, 0) is 6.54 Å². The van der Waals surface area contributed by atoms with Gasteiger partial charge in [0.1, 0.15) is 12.4 Å². The van der Waals surface area contributed by atoms with Gasteiger partial charge < -0.3 is 10.1 Å². The number of hydrogen-bond donors (Lipinski definition) is 1. The first-order valence-corrected chi connectivity index (χ1v) is 6.99. The number of rotatable bonds is 6. The van der Waals surface area contributed by atoms with Crippen molar-refractivity contribution in [2.24, 2.45) is 0 Å². The van der Waals surface area contributed by atoms with Gasteiger partial charge in [-0.2, -0.15) is 0 Å². The molecular formula is C13H14Cl3NO. The highest BCUT2D eigenvalue weighted by atomic mass is 35.5. The lowest BCUT2D eigenvalue weighted by molar-refractivity contribution is 0.358. The van der Waals surface area contributed by atoms with Crippen molar-refractivity contribution >= 4 is 34.8 Å². The second-order valence-corrected chi connectivity index (χ2v) is 5.30. The van der Waals surface area contributed by atoms with Crippen LogP contribution in [0.2, 0.25) is 10.0 Å². The third kappa shape index (κ3) is 4.06. The first kappa shape index (κ1) is 14.0. The number of ether oxygens (including phenoxy) is 1. The lowest BCUT2D eigenvalue weighted by Crippen LogP contribution is -2.16. The topological polar surface area (TPSA) is 21.3 Å². The largest absolute Gasteiger partial charge is 0.488 e. The number of benzene rings is 1. The predicted octanol–water partition coefficient (Wildman–Crippen LogP) is 4.38. The Bertz CT molecular complexity index is 444. The molecule has 0 saturated heterocycles. The molecule has 0 atom stereocenters. The van der Waals surface area contributed by atoms with Crippen LogP contribution in [0, 0.1) is 0 Å². The van der Waals surface area contributed by atoms with Crippen LogP contribution in [0.15, 0.2) is 23.7 Å². The van der Waals surface area contributed by atoms with E-state index in [2.05, 4.69) is 5.32 Å². The molecule has 1 fully saturated rings. The molecule has 98 valence electrons. The molecule has 1 saturated carbocycles. The van der Waals surface area contributed by atoms with Crippen LogP contribution in [0.4, 0.5) is 0 Å². The van der Waals surface area contributed by atoms with Crippen molar-refractivity contribution in [2.45, 2.75) is 25.4 Å². The van der Waals surface area contributed by atoms with Crippen LogP contribution in [0.3, 0.4) is 0 Å². The maximum atomic E-state index is 6.15. The molecule has 0 aromatic heterocycles. The van der Waals surface area contributed by atoms with Crippen LogP contribution < -0.4 is 10.1 Å². The smallest absolute Gasteiger partial charge is 0.142 e. The molecule has 0 spiro atoms. The number of hydrogen-bond acceptors (Lipinski definition) is 2. The molecule has 18 heavy (non-hydrogen) atoms. The summed E-state index contributed by atoms with van der Waals surface area (Å²) in [7, 11) is 0. The lowest BCUT2D eigenvalue weighted by atomic mass is 10.2. The normalized spacial score (nSPS) is 15.3. The molecule has 0 bridgehead atoms. The Morgan fingerprint density at radius 1 is 1.33 bits per heavy atom. The van der Waals surface area contributed by atoms with Gasteiger partial charge in [0, 0.05) is 28.7 Å². The van der Waals surface area contributed by atoms with Gasteiger partial charge in [0.15, 0.2) is 0 Å². The van der Waals surface area contributed by atoms with E-state index in [0.717, 1.165) is 5.56 Å². The Hall–Kier alpha value is -0.410. The molecule has 0 heterocycles. The fourth-order valence-electron chi connectivity index (χ4n) is 1.62. The molecule has 1 aromatic carbocycles. The van der Waals surface area contributed by atoms with E-state index in [4.69, 9.17) is 39.5 Å². The third-order valence-electron chi connectivity index (χ3n) is 2.66. The van der Waals surface area contributed by atoms with Gasteiger partial charge in [-0.15, -0.1) is 0 Å². The van der Waals surface area contributed by atoms with Crippen molar-refractivity contribution in [3.8, 4) is 5.75 Å². The number of halogens is 3. The van der Waals surface area contributed by atoms with Crippen LogP contribution in [-0.4, -0.2) is 12.6 Å². The van der Waals surface area contributed by atoms with E-state index in [1.807, 2.05) is 6.07 Å². The Labute approximate surface area is 122 Å². The fourth-order valence-corrected chi connectivity index (χ4v) is 2.28. The summed E-state index contributed by atoms with van der Waals surface area (Å²) in [5, 5.41) is 4.56. The van der Waals surface area contributed by atoms with E-state index in [0.29, 0.717) is 35.0 Å². The van der Waals surface area contributed by atoms with Crippen molar-refractivity contribution in [1.82, 2.24) is 5.32 Å². The maximum Gasteiger partial charge on any atom is 0.142 e. The van der Waals surface area contributed by atoms with Gasteiger partial charge in [0.25, 0.3) is 0 Å². The quantitative estimate of drug-likeness (QED) is 0.842. The minimum Gasteiger partial charge on any atom is -0.488 e. The first-order chi connectivity index (χ1) is 8.70. The maximum absolute atomic E-state index is 6.15. The lowest BCUT2D eigenvalue weighted by Gasteiger charge is -2.13. The summed E-state index contributed by atoms with van der Waals surface area (Å²) in [5.41, 5.74) is 2.40. The van der Waals surface area contributed by atoms with Crippen molar-refractivity contribution in [3.63, 3.8) is 0 Å². The summed E-state index contributed by atoms with van der Waals surface area (Å²) in [6, 6.07) is 4.19. The summed E-state index contributed by atoms with van der Waals surface area (Å²) >= 11 is 17.6. The molecule has 1 aliphatic rings. The molecule has 0 unspecified atom stereocenters. The van der Waals surface area contributed by atoms with Gasteiger partial charge in [-0.05, 0) is 31.1 Å². The van der Waals surface area contributed by atoms with E-state index in [1.165, 1.54) is 18.4 Å². The van der Waals surface area contributed by atoms with Crippen LogP contribution >= 0.6 is 34.8 Å². The summed E-state index contributed by atoms with van der Waals surface area (Å²) in [4.78, 5) is 0. The average Bonchev–Trinajstić information content (AvgIpc) is 3.13. The zero-order chi connectivity index (χ0) is 13.0. The molecule has 1 aliphatic carbocycles. The molecule has 2 rings (SSSR count). The second kappa shape index (κ2) is 6.67. The van der Waals surface area contributed by atoms with Crippen LogP contribution in [0.25, 0.3) is 0 Å². The fraction of sp³-hybridized carbons (Fsp3) is 0.385. The first-order valence-electron chi connectivity index (χ1n) is 5.80. The standard InChI is InChI=1S/C13H14Cl3NO/c14-4-1-5-18-13-9(8-17-11-2-3-11)6-10(15)7-12(13)16/h1,4,6-7,11,17H,2-3,5,8H2/b4-1+. The van der Waals surface area contributed by atoms with Gasteiger partial charge >= 0.3 is 0 Å². The van der Waals surface area contributed by atoms with Gasteiger partial charge in [-0.25, -0.2) is 0 Å². The van der Waals surface area contributed by atoms with Crippen molar-refractivity contribution < 1.29 is 4.74 Å². The highest BCUT2D eigenvalue weighted by Gasteiger charge is 2.21. The molecule has 5 heteroatoms. The van der Waals surface area contributed by atoms with E-state index in [-0.39, 0.29) is 0 Å². The molecule has 1 aromatic rings. The van der Waals surface area contributed by atoms with Gasteiger partial charge in [-0.1, -0.05) is 34.8 Å². The minimum absolute atomic E-state index is 0.390. The van der Waals surface area contributed by atoms with E-state index in [9.17, 15) is 0 Å². The number of nitrogens with one attached hydrogen (secondary N) is 1. The van der Waals surface area contributed by atoms with Crippen LogP contribution in [0.5, 0.6) is 5.75 Å². The van der Waals surface area contributed by atoms with Gasteiger partial charge in [0.2, 0.25) is 0 Å². The minimum atomic E-state index is 0.390. The molecule has 0 amide bonds. The Morgan fingerprint density at radius 3 is 2.78 bits per heavy atom. The third-order valence-corrected chi connectivity index (χ3v) is 3.33. The van der Waals surface area contributed by atoms with E-state index in [1.54, 1.807) is 12.1 Å². The highest BCUT2D eigenvalue weighted by Crippen LogP contribution is 2.33. The Balaban J connectivity index is 2.11. The van der Waals surface area contributed by atoms with Crippen molar-refractivity contribution in [3.05, 3.63) is 39.4 Å². The second-order valence-electron chi connectivity index (χ2n) is 4.20. The molecular weight excluding hydrogens is 293 g/mol. The highest BCUT2D eigenvalue weighted by molar-refractivity contribution is 6.35. The molecule has 2 nitrogen and oxygen atoms in total. The Kier molecular flexibility index (Phi) is 5.19. The summed E-state index contributed by atoms with van der Waals surface area (Å²) in [6.45, 7) is 1.10. The summed E-state index contributed by atoms with van der Waals surface area (Å²) in [5.74, 6) is 0.670. The average molecular weight is 307 g/mol. The molecule has 0 radical (unpaired) electrons. The summed E-state index contributed by atoms with van der Waals surface area (Å²) < 4.78 is 5.61. The van der Waals surface area contributed by atoms with Gasteiger partial charge in [0.05, 0.1) is 5.02 Å².